The third-order valence-electron chi connectivity index (χ3n) is 2.75. The minimum absolute atomic E-state index is 0.515. The molecule has 88 valence electrons. The fourth-order valence-corrected chi connectivity index (χ4v) is 1.89. The lowest BCUT2D eigenvalue weighted by molar-refractivity contribution is 0.111. The van der Waals surface area contributed by atoms with Gasteiger partial charge in [-0.25, -0.2) is 15.0 Å². The summed E-state index contributed by atoms with van der Waals surface area (Å²) in [4.78, 5) is 23.5. The van der Waals surface area contributed by atoms with Crippen molar-refractivity contribution in [2.75, 3.05) is 0 Å². The zero-order valence-electron chi connectivity index (χ0n) is 9.74. The second kappa shape index (κ2) is 4.03. The Kier molecular flexibility index (Phi) is 2.37. The van der Waals surface area contributed by atoms with Crippen LogP contribution in [0.25, 0.3) is 16.9 Å². The van der Waals surface area contributed by atoms with Crippen LogP contribution in [0, 0.1) is 6.92 Å². The molecule has 0 radical (unpaired) electrons. The molecular formula is C13H10N4O. The SMILES string of the molecule is Cc1ncc(-c2cccc3ncc(C=O)n23)cn1. The first-order valence-corrected chi connectivity index (χ1v) is 5.50. The highest BCUT2D eigenvalue weighted by atomic mass is 16.1. The number of hydrogen-bond acceptors (Lipinski definition) is 4. The van der Waals surface area contributed by atoms with Crippen molar-refractivity contribution in [3.63, 3.8) is 0 Å². The van der Waals surface area contributed by atoms with Crippen LogP contribution in [-0.2, 0) is 0 Å². The molecule has 18 heavy (non-hydrogen) atoms. The molecule has 5 nitrogen and oxygen atoms in total. The second-order valence-corrected chi connectivity index (χ2v) is 3.92. The Morgan fingerprint density at radius 1 is 1.11 bits per heavy atom. The smallest absolute Gasteiger partial charge is 0.168 e. The Balaban J connectivity index is 2.31. The zero-order valence-corrected chi connectivity index (χ0v) is 9.74. The van der Waals surface area contributed by atoms with Crippen molar-refractivity contribution in [2.24, 2.45) is 0 Å². The molecule has 0 aliphatic rings. The molecule has 0 saturated heterocycles. The van der Waals surface area contributed by atoms with E-state index in [4.69, 9.17) is 0 Å². The van der Waals surface area contributed by atoms with Gasteiger partial charge in [-0.3, -0.25) is 9.20 Å². The van der Waals surface area contributed by atoms with Crippen LogP contribution in [0.15, 0.2) is 36.8 Å². The van der Waals surface area contributed by atoms with Crippen LogP contribution in [0.5, 0.6) is 0 Å². The van der Waals surface area contributed by atoms with Crippen molar-refractivity contribution >= 4 is 11.9 Å². The van der Waals surface area contributed by atoms with Crippen LogP contribution in [-0.4, -0.2) is 25.6 Å². The van der Waals surface area contributed by atoms with Gasteiger partial charge < -0.3 is 0 Å². The topological polar surface area (TPSA) is 60.2 Å². The molecular weight excluding hydrogens is 228 g/mol. The molecule has 0 atom stereocenters. The molecule has 0 bridgehead atoms. The van der Waals surface area contributed by atoms with Crippen LogP contribution in [0.2, 0.25) is 0 Å². The van der Waals surface area contributed by atoms with Gasteiger partial charge in [0.05, 0.1) is 11.9 Å². The number of aryl methyl sites for hydroxylation is 1. The Morgan fingerprint density at radius 2 is 1.89 bits per heavy atom. The van der Waals surface area contributed by atoms with E-state index in [2.05, 4.69) is 15.0 Å². The van der Waals surface area contributed by atoms with E-state index >= 15 is 0 Å². The molecule has 0 aliphatic carbocycles. The molecule has 3 rings (SSSR count). The molecule has 5 heteroatoms. The van der Waals surface area contributed by atoms with E-state index in [1.165, 1.54) is 0 Å². The number of nitrogens with zero attached hydrogens (tertiary/aromatic N) is 4. The van der Waals surface area contributed by atoms with E-state index in [-0.39, 0.29) is 0 Å². The summed E-state index contributed by atoms with van der Waals surface area (Å²) in [6, 6.07) is 5.66. The number of aromatic nitrogens is 4. The highest BCUT2D eigenvalue weighted by Gasteiger charge is 2.08. The lowest BCUT2D eigenvalue weighted by Crippen LogP contribution is -1.97. The van der Waals surface area contributed by atoms with E-state index < -0.39 is 0 Å². The lowest BCUT2D eigenvalue weighted by Gasteiger charge is -2.06. The van der Waals surface area contributed by atoms with Gasteiger partial charge in [0.1, 0.15) is 17.2 Å². The average molecular weight is 238 g/mol. The average Bonchev–Trinajstić information content (AvgIpc) is 2.82. The Labute approximate surface area is 103 Å². The first kappa shape index (κ1) is 10.6. The van der Waals surface area contributed by atoms with Crippen molar-refractivity contribution < 1.29 is 4.79 Å². The van der Waals surface area contributed by atoms with E-state index in [1.54, 1.807) is 23.0 Å². The van der Waals surface area contributed by atoms with Crippen LogP contribution in [0.1, 0.15) is 16.3 Å². The molecule has 0 spiro atoms. The number of aldehydes is 1. The number of carbonyl (C=O) groups excluding carboxylic acids is 1. The van der Waals surface area contributed by atoms with Gasteiger partial charge in [0.2, 0.25) is 0 Å². The van der Waals surface area contributed by atoms with Crippen molar-refractivity contribution in [1.29, 1.82) is 0 Å². The third-order valence-corrected chi connectivity index (χ3v) is 2.75. The summed E-state index contributed by atoms with van der Waals surface area (Å²) in [5, 5.41) is 0. The molecule has 0 saturated carbocycles. The monoisotopic (exact) mass is 238 g/mol. The van der Waals surface area contributed by atoms with Crippen LogP contribution < -0.4 is 0 Å². The number of carbonyl (C=O) groups is 1. The van der Waals surface area contributed by atoms with Crippen LogP contribution in [0.4, 0.5) is 0 Å². The maximum absolute atomic E-state index is 11.0. The summed E-state index contributed by atoms with van der Waals surface area (Å²) in [7, 11) is 0. The van der Waals surface area contributed by atoms with Crippen molar-refractivity contribution in [3.05, 3.63) is 48.3 Å². The highest BCUT2D eigenvalue weighted by Crippen LogP contribution is 2.20. The summed E-state index contributed by atoms with van der Waals surface area (Å²) in [6.45, 7) is 1.83. The van der Waals surface area contributed by atoms with E-state index in [0.29, 0.717) is 11.5 Å². The Morgan fingerprint density at radius 3 is 2.61 bits per heavy atom. The zero-order chi connectivity index (χ0) is 12.5. The minimum atomic E-state index is 0.515. The van der Waals surface area contributed by atoms with Crippen LogP contribution >= 0.6 is 0 Å². The number of imidazole rings is 1. The fraction of sp³-hybridized carbons (Fsp3) is 0.0769. The predicted octanol–water partition coefficient (Wildman–Crippen LogP) is 1.91. The number of pyridine rings is 1. The Bertz CT molecular complexity index is 715. The second-order valence-electron chi connectivity index (χ2n) is 3.92. The van der Waals surface area contributed by atoms with Crippen molar-refractivity contribution in [3.8, 4) is 11.3 Å². The summed E-state index contributed by atoms with van der Waals surface area (Å²) >= 11 is 0. The minimum Gasteiger partial charge on any atom is -0.296 e. The number of hydrogen-bond donors (Lipinski definition) is 0. The Hall–Kier alpha value is -2.56. The highest BCUT2D eigenvalue weighted by molar-refractivity contribution is 5.76. The first-order chi connectivity index (χ1) is 8.79. The molecule has 3 heterocycles. The lowest BCUT2D eigenvalue weighted by atomic mass is 10.2. The largest absolute Gasteiger partial charge is 0.296 e. The van der Waals surface area contributed by atoms with Gasteiger partial charge in [-0.2, -0.15) is 0 Å². The van der Waals surface area contributed by atoms with Crippen LogP contribution in [0.3, 0.4) is 0 Å². The number of rotatable bonds is 2. The normalized spacial score (nSPS) is 10.7. The van der Waals surface area contributed by atoms with Gasteiger partial charge in [-0.1, -0.05) is 6.07 Å². The maximum atomic E-state index is 11.0. The van der Waals surface area contributed by atoms with Gasteiger partial charge in [0.25, 0.3) is 0 Å². The summed E-state index contributed by atoms with van der Waals surface area (Å²) in [5.74, 6) is 0.715. The van der Waals surface area contributed by atoms with Gasteiger partial charge in [-0.15, -0.1) is 0 Å². The third kappa shape index (κ3) is 1.57. The molecule has 0 aliphatic heterocycles. The molecule has 0 amide bonds. The van der Waals surface area contributed by atoms with Crippen molar-refractivity contribution in [1.82, 2.24) is 19.4 Å². The molecule has 0 N–H and O–H groups in total. The van der Waals surface area contributed by atoms with Gasteiger partial charge >= 0.3 is 0 Å². The fourth-order valence-electron chi connectivity index (χ4n) is 1.89. The van der Waals surface area contributed by atoms with E-state index in [9.17, 15) is 4.79 Å². The standard InChI is InChI=1S/C13H10N4O/c1-9-14-5-10(6-15-9)12-3-2-4-13-16-7-11(8-18)17(12)13/h2-8H,1H3. The maximum Gasteiger partial charge on any atom is 0.168 e. The molecule has 3 aromatic heterocycles. The molecule has 0 unspecified atom stereocenters. The quantitative estimate of drug-likeness (QED) is 0.640. The number of fused-ring (bicyclic) bond motifs is 1. The van der Waals surface area contributed by atoms with Gasteiger partial charge in [0, 0.05) is 18.0 Å². The molecule has 0 fully saturated rings. The molecule has 0 aromatic carbocycles. The van der Waals surface area contributed by atoms with E-state index in [1.807, 2.05) is 25.1 Å². The van der Waals surface area contributed by atoms with Gasteiger partial charge in [0.15, 0.2) is 6.29 Å². The van der Waals surface area contributed by atoms with Gasteiger partial charge in [-0.05, 0) is 19.1 Å². The summed E-state index contributed by atoms with van der Waals surface area (Å²) < 4.78 is 1.79. The molecule has 3 aromatic rings. The summed E-state index contributed by atoms with van der Waals surface area (Å²) in [5.41, 5.74) is 2.95. The van der Waals surface area contributed by atoms with E-state index in [0.717, 1.165) is 23.2 Å². The first-order valence-electron chi connectivity index (χ1n) is 5.50. The predicted molar refractivity (Wildman–Crippen MR) is 66.3 cm³/mol. The van der Waals surface area contributed by atoms with Crippen molar-refractivity contribution in [2.45, 2.75) is 6.92 Å². The summed E-state index contributed by atoms with van der Waals surface area (Å²) in [6.07, 6.45) is 5.83.